The van der Waals surface area contributed by atoms with E-state index in [9.17, 15) is 4.79 Å². The van der Waals surface area contributed by atoms with E-state index in [-0.39, 0.29) is 11.3 Å². The highest BCUT2D eigenvalue weighted by Gasteiger charge is 2.09. The van der Waals surface area contributed by atoms with Crippen LogP contribution in [0.5, 0.6) is 5.75 Å². The molecule has 0 amide bonds. The highest BCUT2D eigenvalue weighted by molar-refractivity contribution is 7.80. The molecule has 1 aromatic heterocycles. The van der Waals surface area contributed by atoms with Gasteiger partial charge in [-0.05, 0) is 12.1 Å². The van der Waals surface area contributed by atoms with Gasteiger partial charge in [-0.2, -0.15) is 9.78 Å². The van der Waals surface area contributed by atoms with Gasteiger partial charge in [-0.15, -0.1) is 12.6 Å². The summed E-state index contributed by atoms with van der Waals surface area (Å²) in [5.74, 6) is 0.196. The van der Waals surface area contributed by atoms with E-state index >= 15 is 0 Å². The normalized spacial score (nSPS) is 10.1. The molecule has 0 fully saturated rings. The van der Waals surface area contributed by atoms with Gasteiger partial charge in [-0.3, -0.25) is 4.79 Å². The molecule has 0 atom stereocenters. The number of benzene rings is 1. The lowest BCUT2D eigenvalue weighted by molar-refractivity contribution is 0.392. The summed E-state index contributed by atoms with van der Waals surface area (Å²) in [4.78, 5) is 12.4. The Morgan fingerprint density at radius 1 is 1.31 bits per heavy atom. The topological polar surface area (TPSA) is 44.1 Å². The van der Waals surface area contributed by atoms with Crippen molar-refractivity contribution in [3.8, 4) is 11.4 Å². The summed E-state index contributed by atoms with van der Waals surface area (Å²) >= 11 is 4.11. The fraction of sp³-hybridized carbons (Fsp3) is 0.0909. The zero-order valence-electron chi connectivity index (χ0n) is 8.62. The molecule has 1 heterocycles. The zero-order valence-corrected chi connectivity index (χ0v) is 9.52. The van der Waals surface area contributed by atoms with Crippen molar-refractivity contribution in [2.45, 2.75) is 4.90 Å². The Kier molecular flexibility index (Phi) is 2.96. The van der Waals surface area contributed by atoms with E-state index < -0.39 is 0 Å². The maximum atomic E-state index is 11.9. The van der Waals surface area contributed by atoms with Gasteiger partial charge in [-0.1, -0.05) is 18.2 Å². The molecule has 0 aliphatic rings. The van der Waals surface area contributed by atoms with Crippen LogP contribution in [-0.4, -0.2) is 16.9 Å². The lowest BCUT2D eigenvalue weighted by atomic mass is 10.3. The number of thiol groups is 1. The first-order chi connectivity index (χ1) is 7.74. The van der Waals surface area contributed by atoms with Crippen LogP contribution in [0.25, 0.3) is 5.69 Å². The number of rotatable bonds is 2. The van der Waals surface area contributed by atoms with Gasteiger partial charge in [0.15, 0.2) is 0 Å². The Morgan fingerprint density at radius 3 is 2.62 bits per heavy atom. The molecular formula is C11H10N2O2S. The Labute approximate surface area is 97.9 Å². The quantitative estimate of drug-likeness (QED) is 0.801. The molecule has 0 saturated carbocycles. The minimum Gasteiger partial charge on any atom is -0.490 e. The lowest BCUT2D eigenvalue weighted by Crippen LogP contribution is -2.22. The van der Waals surface area contributed by atoms with E-state index in [2.05, 4.69) is 17.7 Å². The van der Waals surface area contributed by atoms with E-state index in [1.54, 1.807) is 12.1 Å². The van der Waals surface area contributed by atoms with Crippen LogP contribution in [0, 0.1) is 0 Å². The van der Waals surface area contributed by atoms with Gasteiger partial charge >= 0.3 is 5.56 Å². The summed E-state index contributed by atoms with van der Waals surface area (Å²) in [6.07, 6.45) is 1.48. The molecule has 2 aromatic rings. The molecule has 0 radical (unpaired) electrons. The van der Waals surface area contributed by atoms with Gasteiger partial charge in [0.05, 0.1) is 23.9 Å². The van der Waals surface area contributed by atoms with E-state index in [0.717, 1.165) is 0 Å². The fourth-order valence-corrected chi connectivity index (χ4v) is 1.61. The summed E-state index contributed by atoms with van der Waals surface area (Å²) in [6.45, 7) is 0. The monoisotopic (exact) mass is 234 g/mol. The number of ether oxygens (including phenoxy) is 1. The van der Waals surface area contributed by atoms with Crippen LogP contribution in [0.2, 0.25) is 0 Å². The first kappa shape index (κ1) is 10.8. The number of aromatic nitrogens is 2. The van der Waals surface area contributed by atoms with Gasteiger partial charge in [0, 0.05) is 0 Å². The maximum absolute atomic E-state index is 11.9. The molecule has 0 unspecified atom stereocenters. The lowest BCUT2D eigenvalue weighted by Gasteiger charge is -2.07. The number of hydrogen-bond acceptors (Lipinski definition) is 4. The Morgan fingerprint density at radius 2 is 2.00 bits per heavy atom. The van der Waals surface area contributed by atoms with Crippen LogP contribution in [-0.2, 0) is 0 Å². The molecule has 82 valence electrons. The molecule has 0 aliphatic carbocycles. The smallest absolute Gasteiger partial charge is 0.314 e. The first-order valence-electron chi connectivity index (χ1n) is 4.64. The average Bonchev–Trinajstić information content (AvgIpc) is 2.31. The van der Waals surface area contributed by atoms with Gasteiger partial charge in [0.1, 0.15) is 0 Å². The molecule has 0 saturated heterocycles. The number of hydrogen-bond donors (Lipinski definition) is 1. The predicted octanol–water partition coefficient (Wildman–Crippen LogP) is 1.53. The third-order valence-electron chi connectivity index (χ3n) is 2.12. The van der Waals surface area contributed by atoms with Crippen LogP contribution in [0.4, 0.5) is 0 Å². The van der Waals surface area contributed by atoms with Crippen molar-refractivity contribution in [2.24, 2.45) is 0 Å². The molecule has 1 aromatic carbocycles. The molecular weight excluding hydrogens is 224 g/mol. The molecule has 4 nitrogen and oxygen atoms in total. The van der Waals surface area contributed by atoms with Crippen molar-refractivity contribution in [3.05, 3.63) is 46.9 Å². The second-order valence-electron chi connectivity index (χ2n) is 3.12. The number of para-hydroxylation sites is 1. The molecule has 0 spiro atoms. The zero-order chi connectivity index (χ0) is 11.5. The highest BCUT2D eigenvalue weighted by Crippen LogP contribution is 2.15. The van der Waals surface area contributed by atoms with Gasteiger partial charge in [-0.25, -0.2) is 0 Å². The van der Waals surface area contributed by atoms with Gasteiger partial charge < -0.3 is 4.74 Å². The summed E-state index contributed by atoms with van der Waals surface area (Å²) in [5.41, 5.74) is 0.375. The SMILES string of the molecule is COc1c(S)cnn(-c2ccccc2)c1=O. The van der Waals surface area contributed by atoms with Gasteiger partial charge in [0.2, 0.25) is 5.75 Å². The third-order valence-corrected chi connectivity index (χ3v) is 2.44. The second kappa shape index (κ2) is 4.40. The third kappa shape index (κ3) is 1.81. The number of nitrogens with zero attached hydrogens (tertiary/aromatic N) is 2. The largest absolute Gasteiger partial charge is 0.490 e. The van der Waals surface area contributed by atoms with E-state index in [4.69, 9.17) is 4.74 Å². The summed E-state index contributed by atoms with van der Waals surface area (Å²) < 4.78 is 6.26. The Balaban J connectivity index is 2.64. The maximum Gasteiger partial charge on any atom is 0.314 e. The van der Waals surface area contributed by atoms with E-state index in [0.29, 0.717) is 10.6 Å². The molecule has 0 N–H and O–H groups in total. The Hall–Kier alpha value is -1.75. The minimum atomic E-state index is -0.318. The minimum absolute atomic E-state index is 0.196. The first-order valence-corrected chi connectivity index (χ1v) is 5.09. The fourth-order valence-electron chi connectivity index (χ4n) is 1.37. The Bertz CT molecular complexity index is 552. The second-order valence-corrected chi connectivity index (χ2v) is 3.60. The van der Waals surface area contributed by atoms with E-state index in [1.165, 1.54) is 18.0 Å². The summed E-state index contributed by atoms with van der Waals surface area (Å²) in [7, 11) is 1.44. The van der Waals surface area contributed by atoms with E-state index in [1.807, 2.05) is 18.2 Å². The van der Waals surface area contributed by atoms with Crippen molar-refractivity contribution in [1.29, 1.82) is 0 Å². The number of methoxy groups -OCH3 is 1. The average molecular weight is 234 g/mol. The van der Waals surface area contributed by atoms with Crippen LogP contribution < -0.4 is 10.3 Å². The molecule has 5 heteroatoms. The summed E-state index contributed by atoms with van der Waals surface area (Å²) in [6, 6.07) is 9.14. The van der Waals surface area contributed by atoms with Crippen molar-refractivity contribution in [3.63, 3.8) is 0 Å². The molecule has 0 aliphatic heterocycles. The van der Waals surface area contributed by atoms with Crippen molar-refractivity contribution >= 4 is 12.6 Å². The summed E-state index contributed by atoms with van der Waals surface area (Å²) in [5, 5.41) is 4.00. The van der Waals surface area contributed by atoms with Crippen LogP contribution in [0.3, 0.4) is 0 Å². The standard InChI is InChI=1S/C11H10N2O2S/c1-15-10-9(16)7-12-13(11(10)14)8-5-3-2-4-6-8/h2-7,16H,1H3. The van der Waals surface area contributed by atoms with Crippen molar-refractivity contribution in [2.75, 3.05) is 7.11 Å². The highest BCUT2D eigenvalue weighted by atomic mass is 32.1. The van der Waals surface area contributed by atoms with Crippen LogP contribution in [0.15, 0.2) is 46.2 Å². The van der Waals surface area contributed by atoms with Gasteiger partial charge in [0.25, 0.3) is 0 Å². The molecule has 16 heavy (non-hydrogen) atoms. The van der Waals surface area contributed by atoms with Crippen LogP contribution >= 0.6 is 12.6 Å². The van der Waals surface area contributed by atoms with Crippen molar-refractivity contribution in [1.82, 2.24) is 9.78 Å². The molecule has 2 rings (SSSR count). The predicted molar refractivity (Wildman–Crippen MR) is 63.6 cm³/mol. The van der Waals surface area contributed by atoms with Crippen molar-refractivity contribution < 1.29 is 4.74 Å². The van der Waals surface area contributed by atoms with Crippen LogP contribution in [0.1, 0.15) is 0 Å². The molecule has 0 bridgehead atoms.